The van der Waals surface area contributed by atoms with Crippen LogP contribution in [0.15, 0.2) is 24.3 Å². The van der Waals surface area contributed by atoms with Gasteiger partial charge in [0.25, 0.3) is 0 Å². The molecule has 0 unspecified atom stereocenters. The van der Waals surface area contributed by atoms with Gasteiger partial charge in [0.1, 0.15) is 0 Å². The average molecular weight is 211 g/mol. The number of aliphatic hydroxyl groups is 1. The summed E-state index contributed by atoms with van der Waals surface area (Å²) in [5.74, 6) is 0.455. The van der Waals surface area contributed by atoms with Crippen LogP contribution < -0.4 is 0 Å². The van der Waals surface area contributed by atoms with Gasteiger partial charge in [-0.15, -0.1) is 0 Å². The van der Waals surface area contributed by atoms with Crippen LogP contribution in [-0.2, 0) is 6.42 Å². The second-order valence-corrected chi connectivity index (χ2v) is 4.53. The lowest BCUT2D eigenvalue weighted by Gasteiger charge is -2.13. The Labute approximate surface area is 89.7 Å². The fourth-order valence-corrected chi connectivity index (χ4v) is 2.30. The van der Waals surface area contributed by atoms with E-state index in [9.17, 15) is 5.11 Å². The highest BCUT2D eigenvalue weighted by Crippen LogP contribution is 2.28. The summed E-state index contributed by atoms with van der Waals surface area (Å²) in [6.07, 6.45) is 4.19. The van der Waals surface area contributed by atoms with Gasteiger partial charge in [0.2, 0.25) is 0 Å². The summed E-state index contributed by atoms with van der Waals surface area (Å²) >= 11 is 5.81. The molecular weight excluding hydrogens is 196 g/mol. The van der Waals surface area contributed by atoms with E-state index in [1.807, 2.05) is 24.3 Å². The van der Waals surface area contributed by atoms with Crippen LogP contribution in [0.3, 0.4) is 0 Å². The molecule has 1 aliphatic rings. The van der Waals surface area contributed by atoms with Gasteiger partial charge in [0.05, 0.1) is 6.10 Å². The van der Waals surface area contributed by atoms with Gasteiger partial charge in [-0.2, -0.15) is 0 Å². The maximum atomic E-state index is 9.68. The lowest BCUT2D eigenvalue weighted by atomic mass is 9.96. The number of rotatable bonds is 2. The highest BCUT2D eigenvalue weighted by Gasteiger charge is 2.24. The maximum absolute atomic E-state index is 9.68. The van der Waals surface area contributed by atoms with Gasteiger partial charge in [-0.1, -0.05) is 30.2 Å². The molecule has 1 N–H and O–H groups in total. The number of benzene rings is 1. The van der Waals surface area contributed by atoms with E-state index in [0.717, 1.165) is 24.3 Å². The second-order valence-electron chi connectivity index (χ2n) is 4.09. The zero-order valence-electron chi connectivity index (χ0n) is 8.12. The van der Waals surface area contributed by atoms with Crippen molar-refractivity contribution in [1.29, 1.82) is 0 Å². The van der Waals surface area contributed by atoms with E-state index >= 15 is 0 Å². The van der Waals surface area contributed by atoms with Crippen LogP contribution in [0.4, 0.5) is 0 Å². The third kappa shape index (κ3) is 2.28. The van der Waals surface area contributed by atoms with Gasteiger partial charge in [0, 0.05) is 5.02 Å². The molecule has 1 saturated carbocycles. The van der Waals surface area contributed by atoms with Crippen LogP contribution in [0.25, 0.3) is 0 Å². The summed E-state index contributed by atoms with van der Waals surface area (Å²) in [5, 5.41) is 10.5. The zero-order chi connectivity index (χ0) is 9.97. The Bertz CT molecular complexity index is 294. The molecule has 0 spiro atoms. The van der Waals surface area contributed by atoms with Gasteiger partial charge in [0.15, 0.2) is 0 Å². The minimum absolute atomic E-state index is 0.0920. The predicted octanol–water partition coefficient (Wildman–Crippen LogP) is 3.04. The minimum atomic E-state index is -0.0920. The molecule has 2 rings (SSSR count). The molecule has 14 heavy (non-hydrogen) atoms. The minimum Gasteiger partial charge on any atom is -0.393 e. The van der Waals surface area contributed by atoms with Crippen LogP contribution in [-0.4, -0.2) is 11.2 Å². The lowest BCUT2D eigenvalue weighted by Crippen LogP contribution is -2.15. The lowest BCUT2D eigenvalue weighted by molar-refractivity contribution is 0.132. The topological polar surface area (TPSA) is 20.2 Å². The first-order valence-electron chi connectivity index (χ1n) is 5.18. The van der Waals surface area contributed by atoms with E-state index in [-0.39, 0.29) is 6.10 Å². The quantitative estimate of drug-likeness (QED) is 0.796. The molecule has 1 aromatic rings. The molecule has 1 aromatic carbocycles. The largest absolute Gasteiger partial charge is 0.393 e. The molecule has 1 fully saturated rings. The Morgan fingerprint density at radius 1 is 1.21 bits per heavy atom. The van der Waals surface area contributed by atoms with Crippen molar-refractivity contribution in [3.8, 4) is 0 Å². The Morgan fingerprint density at radius 2 is 1.93 bits per heavy atom. The van der Waals surface area contributed by atoms with Crippen LogP contribution >= 0.6 is 11.6 Å². The van der Waals surface area contributed by atoms with Crippen molar-refractivity contribution in [1.82, 2.24) is 0 Å². The average Bonchev–Trinajstić information content (AvgIpc) is 2.56. The fraction of sp³-hybridized carbons (Fsp3) is 0.500. The Morgan fingerprint density at radius 3 is 2.50 bits per heavy atom. The molecule has 0 aromatic heterocycles. The summed E-state index contributed by atoms with van der Waals surface area (Å²) in [6, 6.07) is 7.93. The van der Waals surface area contributed by atoms with Crippen LogP contribution in [0.1, 0.15) is 24.8 Å². The van der Waals surface area contributed by atoms with Crippen molar-refractivity contribution < 1.29 is 5.11 Å². The molecule has 0 heterocycles. The van der Waals surface area contributed by atoms with Crippen molar-refractivity contribution >= 4 is 11.6 Å². The summed E-state index contributed by atoms with van der Waals surface area (Å²) < 4.78 is 0. The van der Waals surface area contributed by atoms with Crippen LogP contribution in [0.2, 0.25) is 5.02 Å². The third-order valence-electron chi connectivity index (χ3n) is 3.03. The molecule has 0 saturated heterocycles. The number of hydrogen-bond acceptors (Lipinski definition) is 1. The number of halogens is 1. The SMILES string of the molecule is O[C@@H]1CCC[C@@H]1Cc1ccc(Cl)cc1. The fourth-order valence-electron chi connectivity index (χ4n) is 2.18. The number of aliphatic hydroxyl groups excluding tert-OH is 1. The molecule has 0 radical (unpaired) electrons. The first-order chi connectivity index (χ1) is 6.75. The van der Waals surface area contributed by atoms with E-state index in [1.54, 1.807) is 0 Å². The molecule has 76 valence electrons. The van der Waals surface area contributed by atoms with Crippen LogP contribution in [0, 0.1) is 5.92 Å². The van der Waals surface area contributed by atoms with Gasteiger partial charge in [-0.3, -0.25) is 0 Å². The monoisotopic (exact) mass is 210 g/mol. The molecule has 0 aliphatic heterocycles. The molecule has 2 heteroatoms. The first-order valence-corrected chi connectivity index (χ1v) is 5.56. The molecular formula is C12H15ClO. The predicted molar refractivity (Wildman–Crippen MR) is 58.5 cm³/mol. The molecule has 0 amide bonds. The smallest absolute Gasteiger partial charge is 0.0571 e. The van der Waals surface area contributed by atoms with E-state index in [4.69, 9.17) is 11.6 Å². The standard InChI is InChI=1S/C12H15ClO/c13-11-6-4-9(5-7-11)8-10-2-1-3-12(10)14/h4-7,10,12,14H,1-3,8H2/t10-,12-/m1/s1. The van der Waals surface area contributed by atoms with Gasteiger partial charge < -0.3 is 5.11 Å². The van der Waals surface area contributed by atoms with Crippen molar-refractivity contribution in [3.63, 3.8) is 0 Å². The number of hydrogen-bond donors (Lipinski definition) is 1. The third-order valence-corrected chi connectivity index (χ3v) is 3.28. The van der Waals surface area contributed by atoms with Crippen molar-refractivity contribution in [3.05, 3.63) is 34.9 Å². The normalized spacial score (nSPS) is 26.7. The second kappa shape index (κ2) is 4.33. The highest BCUT2D eigenvalue weighted by atomic mass is 35.5. The van der Waals surface area contributed by atoms with Gasteiger partial charge >= 0.3 is 0 Å². The van der Waals surface area contributed by atoms with E-state index in [2.05, 4.69) is 0 Å². The summed E-state index contributed by atoms with van der Waals surface area (Å²) in [7, 11) is 0. The Hall–Kier alpha value is -0.530. The summed E-state index contributed by atoms with van der Waals surface area (Å²) in [4.78, 5) is 0. The Kier molecular flexibility index (Phi) is 3.09. The van der Waals surface area contributed by atoms with Crippen molar-refractivity contribution in [2.24, 2.45) is 5.92 Å². The van der Waals surface area contributed by atoms with Crippen molar-refractivity contribution in [2.75, 3.05) is 0 Å². The van der Waals surface area contributed by atoms with E-state index in [0.29, 0.717) is 5.92 Å². The van der Waals surface area contributed by atoms with Gasteiger partial charge in [-0.05, 0) is 42.9 Å². The highest BCUT2D eigenvalue weighted by molar-refractivity contribution is 6.30. The summed E-state index contributed by atoms with van der Waals surface area (Å²) in [5.41, 5.74) is 1.28. The van der Waals surface area contributed by atoms with E-state index < -0.39 is 0 Å². The maximum Gasteiger partial charge on any atom is 0.0571 e. The molecule has 1 aliphatic carbocycles. The first kappa shape index (κ1) is 10.0. The van der Waals surface area contributed by atoms with Gasteiger partial charge in [-0.25, -0.2) is 0 Å². The van der Waals surface area contributed by atoms with Crippen molar-refractivity contribution in [2.45, 2.75) is 31.8 Å². The van der Waals surface area contributed by atoms with Crippen LogP contribution in [0.5, 0.6) is 0 Å². The van der Waals surface area contributed by atoms with E-state index in [1.165, 1.54) is 12.0 Å². The summed E-state index contributed by atoms with van der Waals surface area (Å²) in [6.45, 7) is 0. The molecule has 0 bridgehead atoms. The zero-order valence-corrected chi connectivity index (χ0v) is 8.87. The Balaban J connectivity index is 2.00. The molecule has 2 atom stereocenters. The molecule has 1 nitrogen and oxygen atoms in total.